The highest BCUT2D eigenvalue weighted by atomic mass is 32.1. The van der Waals surface area contributed by atoms with Crippen molar-refractivity contribution in [1.82, 2.24) is 4.90 Å². The van der Waals surface area contributed by atoms with E-state index in [4.69, 9.17) is 4.74 Å². The van der Waals surface area contributed by atoms with E-state index < -0.39 is 0 Å². The summed E-state index contributed by atoms with van der Waals surface area (Å²) in [6.45, 7) is 3.94. The maximum atomic E-state index is 11.1. The van der Waals surface area contributed by atoms with Crippen LogP contribution in [0.5, 0.6) is 0 Å². The number of methoxy groups -OCH3 is 1. The van der Waals surface area contributed by atoms with Gasteiger partial charge in [0.1, 0.15) is 5.60 Å². The van der Waals surface area contributed by atoms with Crippen molar-refractivity contribution in [2.24, 2.45) is 0 Å². The topological polar surface area (TPSA) is 38.8 Å². The van der Waals surface area contributed by atoms with E-state index in [1.807, 2.05) is 11.3 Å². The summed E-state index contributed by atoms with van der Waals surface area (Å²) in [5.41, 5.74) is 1.46. The predicted octanol–water partition coefficient (Wildman–Crippen LogP) is 2.57. The minimum atomic E-state index is -0.109. The van der Waals surface area contributed by atoms with Crippen LogP contribution in [-0.2, 0) is 26.3 Å². The van der Waals surface area contributed by atoms with Crippen LogP contribution in [0.25, 0.3) is 0 Å². The molecule has 3 heterocycles. The molecule has 116 valence electrons. The Labute approximate surface area is 130 Å². The zero-order valence-electron chi connectivity index (χ0n) is 12.6. The second-order valence-electron chi connectivity index (χ2n) is 5.89. The van der Waals surface area contributed by atoms with Crippen LogP contribution in [0.4, 0.5) is 0 Å². The summed E-state index contributed by atoms with van der Waals surface area (Å²) < 4.78 is 10.9. The van der Waals surface area contributed by atoms with E-state index in [2.05, 4.69) is 21.1 Å². The van der Waals surface area contributed by atoms with Gasteiger partial charge in [-0.15, -0.1) is 11.3 Å². The summed E-state index contributed by atoms with van der Waals surface area (Å²) in [5, 5.41) is 2.20. The predicted molar refractivity (Wildman–Crippen MR) is 82.6 cm³/mol. The molecule has 0 N–H and O–H groups in total. The molecule has 0 unspecified atom stereocenters. The maximum absolute atomic E-state index is 11.1. The molecule has 2 aliphatic rings. The first-order valence-electron chi connectivity index (χ1n) is 7.73. The summed E-state index contributed by atoms with van der Waals surface area (Å²) in [4.78, 5) is 15.0. The fraction of sp³-hybridized carbons (Fsp3) is 0.688. The second kappa shape index (κ2) is 6.46. The largest absolute Gasteiger partial charge is 0.469 e. The number of esters is 1. The van der Waals surface area contributed by atoms with Crippen LogP contribution in [0.2, 0.25) is 0 Å². The van der Waals surface area contributed by atoms with Crippen LogP contribution in [0, 0.1) is 0 Å². The van der Waals surface area contributed by atoms with E-state index >= 15 is 0 Å². The highest BCUT2D eigenvalue weighted by Gasteiger charge is 2.41. The second-order valence-corrected chi connectivity index (χ2v) is 6.81. The summed E-state index contributed by atoms with van der Waals surface area (Å²) in [6.07, 6.45) is 4.59. The first-order valence-corrected chi connectivity index (χ1v) is 8.61. The summed E-state index contributed by atoms with van der Waals surface area (Å²) in [6, 6.07) is 2.26. The van der Waals surface area contributed by atoms with Crippen LogP contribution >= 0.6 is 11.3 Å². The lowest BCUT2D eigenvalue weighted by atomic mass is 9.85. The molecule has 0 amide bonds. The number of piperidine rings is 1. The van der Waals surface area contributed by atoms with E-state index in [1.54, 1.807) is 0 Å². The van der Waals surface area contributed by atoms with Crippen LogP contribution in [0.15, 0.2) is 11.4 Å². The number of rotatable bonds is 4. The number of fused-ring (bicyclic) bond motifs is 2. The molecule has 2 aliphatic heterocycles. The molecule has 3 rings (SSSR count). The van der Waals surface area contributed by atoms with Crippen molar-refractivity contribution in [3.8, 4) is 0 Å². The molecule has 0 bridgehead atoms. The van der Waals surface area contributed by atoms with E-state index in [9.17, 15) is 4.79 Å². The van der Waals surface area contributed by atoms with Crippen molar-refractivity contribution in [2.75, 3.05) is 33.4 Å². The molecule has 0 aliphatic carbocycles. The fourth-order valence-corrected chi connectivity index (χ4v) is 4.58. The number of thiophene rings is 1. The Kier molecular flexibility index (Phi) is 4.62. The minimum absolute atomic E-state index is 0.0272. The van der Waals surface area contributed by atoms with Crippen molar-refractivity contribution >= 4 is 17.3 Å². The molecule has 21 heavy (non-hydrogen) atoms. The Morgan fingerprint density at radius 2 is 2.29 bits per heavy atom. The molecule has 0 atom stereocenters. The molecular formula is C16H23NO3S. The molecule has 1 aromatic heterocycles. The molecular weight excluding hydrogens is 286 g/mol. The monoisotopic (exact) mass is 309 g/mol. The van der Waals surface area contributed by atoms with Gasteiger partial charge in [-0.1, -0.05) is 0 Å². The van der Waals surface area contributed by atoms with Gasteiger partial charge in [0.25, 0.3) is 0 Å². The van der Waals surface area contributed by atoms with Crippen molar-refractivity contribution in [1.29, 1.82) is 0 Å². The van der Waals surface area contributed by atoms with Crippen LogP contribution in [-0.4, -0.2) is 44.2 Å². The Balaban J connectivity index is 1.53. The highest BCUT2D eigenvalue weighted by molar-refractivity contribution is 7.10. The Hall–Kier alpha value is -0.910. The normalized spacial score (nSPS) is 21.2. The van der Waals surface area contributed by atoms with Crippen LogP contribution in [0.3, 0.4) is 0 Å². The summed E-state index contributed by atoms with van der Waals surface area (Å²) in [7, 11) is 1.45. The van der Waals surface area contributed by atoms with Crippen LogP contribution in [0.1, 0.15) is 36.1 Å². The molecule has 0 saturated carbocycles. The van der Waals surface area contributed by atoms with Gasteiger partial charge in [0.2, 0.25) is 0 Å². The van der Waals surface area contributed by atoms with E-state index in [0.717, 1.165) is 51.9 Å². The third-order valence-corrected chi connectivity index (χ3v) is 5.80. The molecule has 0 radical (unpaired) electrons. The molecule has 1 aromatic rings. The van der Waals surface area contributed by atoms with Gasteiger partial charge in [0, 0.05) is 24.4 Å². The lowest BCUT2D eigenvalue weighted by Gasteiger charge is -2.43. The van der Waals surface area contributed by atoms with Crippen molar-refractivity contribution in [3.63, 3.8) is 0 Å². The van der Waals surface area contributed by atoms with Gasteiger partial charge in [0.15, 0.2) is 0 Å². The fourth-order valence-electron chi connectivity index (χ4n) is 3.41. The number of carbonyl (C=O) groups is 1. The van der Waals surface area contributed by atoms with Gasteiger partial charge in [-0.3, -0.25) is 4.79 Å². The standard InChI is InChI=1S/C16H23NO3S/c1-19-14(18)3-2-8-17-9-6-16(7-10-17)15-13(4-11-20-16)5-12-21-15/h5,12H,2-4,6-11H2,1H3. The Bertz CT molecular complexity index is 491. The van der Waals surface area contributed by atoms with E-state index in [1.165, 1.54) is 17.6 Å². The highest BCUT2D eigenvalue weighted by Crippen LogP contribution is 2.44. The van der Waals surface area contributed by atoms with Gasteiger partial charge in [-0.05, 0) is 49.2 Å². The van der Waals surface area contributed by atoms with Crippen molar-refractivity contribution < 1.29 is 14.3 Å². The lowest BCUT2D eigenvalue weighted by Crippen LogP contribution is -2.46. The van der Waals surface area contributed by atoms with Crippen molar-refractivity contribution in [2.45, 2.75) is 37.7 Å². The summed E-state index contributed by atoms with van der Waals surface area (Å²) >= 11 is 1.85. The number of ether oxygens (including phenoxy) is 2. The van der Waals surface area contributed by atoms with Crippen molar-refractivity contribution in [3.05, 3.63) is 21.9 Å². The van der Waals surface area contributed by atoms with Gasteiger partial charge >= 0.3 is 5.97 Å². The third kappa shape index (κ3) is 3.15. The van der Waals surface area contributed by atoms with Gasteiger partial charge in [-0.2, -0.15) is 0 Å². The smallest absolute Gasteiger partial charge is 0.305 e. The van der Waals surface area contributed by atoms with Gasteiger partial charge < -0.3 is 14.4 Å². The molecule has 5 heteroatoms. The van der Waals surface area contributed by atoms with Crippen LogP contribution < -0.4 is 0 Å². The first-order chi connectivity index (χ1) is 10.2. The van der Waals surface area contributed by atoms with Gasteiger partial charge in [0.05, 0.1) is 13.7 Å². The summed E-state index contributed by atoms with van der Waals surface area (Å²) in [5.74, 6) is -0.109. The number of nitrogens with zero attached hydrogens (tertiary/aromatic N) is 1. The van der Waals surface area contributed by atoms with Gasteiger partial charge in [-0.25, -0.2) is 0 Å². The lowest BCUT2D eigenvalue weighted by molar-refractivity contribution is -0.140. The number of likely N-dealkylation sites (tertiary alicyclic amines) is 1. The Morgan fingerprint density at radius 1 is 1.48 bits per heavy atom. The third-order valence-electron chi connectivity index (χ3n) is 4.66. The quantitative estimate of drug-likeness (QED) is 0.801. The molecule has 1 saturated heterocycles. The number of carbonyl (C=O) groups excluding carboxylic acids is 1. The molecule has 1 fully saturated rings. The average Bonchev–Trinajstić information content (AvgIpc) is 2.99. The van der Waals surface area contributed by atoms with E-state index in [0.29, 0.717) is 6.42 Å². The first kappa shape index (κ1) is 15.0. The Morgan fingerprint density at radius 3 is 3.05 bits per heavy atom. The SMILES string of the molecule is COC(=O)CCCN1CCC2(CC1)OCCc1ccsc12. The minimum Gasteiger partial charge on any atom is -0.469 e. The zero-order chi connectivity index (χ0) is 14.7. The molecule has 4 nitrogen and oxygen atoms in total. The maximum Gasteiger partial charge on any atom is 0.305 e. The zero-order valence-corrected chi connectivity index (χ0v) is 13.4. The number of hydrogen-bond acceptors (Lipinski definition) is 5. The number of hydrogen-bond donors (Lipinski definition) is 0. The average molecular weight is 309 g/mol. The van der Waals surface area contributed by atoms with E-state index in [-0.39, 0.29) is 11.6 Å². The molecule has 1 spiro atoms. The molecule has 0 aromatic carbocycles.